The molecule has 2 aliphatic rings. The zero-order chi connectivity index (χ0) is 21.1. The minimum Gasteiger partial charge on any atom is -0.497 e. The van der Waals surface area contributed by atoms with Gasteiger partial charge in [0.2, 0.25) is 5.91 Å². The number of nitrogens with zero attached hydrogens (tertiary/aromatic N) is 2. The van der Waals surface area contributed by atoms with Crippen molar-refractivity contribution in [2.75, 3.05) is 20.4 Å². The Morgan fingerprint density at radius 2 is 2.10 bits per heavy atom. The number of non-ortho nitro benzene ring substituents is 1. The molecule has 1 saturated heterocycles. The van der Waals surface area contributed by atoms with Crippen LogP contribution in [0.4, 0.5) is 5.69 Å². The number of nitro benzene ring substituents is 1. The summed E-state index contributed by atoms with van der Waals surface area (Å²) in [4.78, 5) is 25.5. The molecule has 2 aliphatic heterocycles. The predicted octanol–water partition coefficient (Wildman–Crippen LogP) is 3.85. The lowest BCUT2D eigenvalue weighted by Crippen LogP contribution is -2.28. The Morgan fingerprint density at radius 1 is 1.30 bits per heavy atom. The smallest absolute Gasteiger partial charge is 0.270 e. The van der Waals surface area contributed by atoms with Gasteiger partial charge >= 0.3 is 0 Å². The first-order valence-corrected chi connectivity index (χ1v) is 9.71. The Bertz CT molecular complexity index is 986. The Balaban J connectivity index is 1.57. The number of nitro groups is 1. The maximum Gasteiger partial charge on any atom is 0.270 e. The van der Waals surface area contributed by atoms with E-state index in [-0.39, 0.29) is 31.0 Å². The molecule has 0 unspecified atom stereocenters. The number of hydrogen-bond donors (Lipinski definition) is 0. The molecule has 1 fully saturated rings. The summed E-state index contributed by atoms with van der Waals surface area (Å²) in [7, 11) is 1.62. The fraction of sp³-hybridized carbons (Fsp3) is 0.318. The van der Waals surface area contributed by atoms with Gasteiger partial charge in [-0.25, -0.2) is 0 Å². The third kappa shape index (κ3) is 3.99. The average molecular weight is 410 g/mol. The molecule has 0 aliphatic carbocycles. The van der Waals surface area contributed by atoms with Crippen molar-refractivity contribution in [3.8, 4) is 11.5 Å². The summed E-state index contributed by atoms with van der Waals surface area (Å²) in [5.41, 5.74) is 2.09. The standard InChI is InChI=1S/C22H22N2O6/c1-28-19-7-4-15(5-8-19)20-3-2-10-23(20)21(25)9-6-16-11-18(24(26)27)12-17-13-29-14-30-22(16)17/h4-9,11-12,20H,2-3,10,13-14H2,1H3/b9-6+/t20-/m1/s1. The summed E-state index contributed by atoms with van der Waals surface area (Å²) in [6.07, 6.45) is 4.85. The zero-order valence-electron chi connectivity index (χ0n) is 16.6. The van der Waals surface area contributed by atoms with Gasteiger partial charge < -0.3 is 19.1 Å². The van der Waals surface area contributed by atoms with Crippen molar-refractivity contribution in [2.24, 2.45) is 0 Å². The van der Waals surface area contributed by atoms with Gasteiger partial charge in [0.1, 0.15) is 11.5 Å². The van der Waals surface area contributed by atoms with Crippen molar-refractivity contribution in [1.82, 2.24) is 4.90 Å². The highest BCUT2D eigenvalue weighted by Gasteiger charge is 2.29. The number of benzene rings is 2. The molecule has 0 spiro atoms. The summed E-state index contributed by atoms with van der Waals surface area (Å²) in [6.45, 7) is 0.972. The van der Waals surface area contributed by atoms with Crippen LogP contribution in [0.25, 0.3) is 6.08 Å². The molecule has 2 heterocycles. The van der Waals surface area contributed by atoms with E-state index in [1.807, 2.05) is 29.2 Å². The molecule has 30 heavy (non-hydrogen) atoms. The molecule has 8 nitrogen and oxygen atoms in total. The lowest BCUT2D eigenvalue weighted by molar-refractivity contribution is -0.385. The number of ether oxygens (including phenoxy) is 3. The maximum absolute atomic E-state index is 12.9. The monoisotopic (exact) mass is 410 g/mol. The van der Waals surface area contributed by atoms with Gasteiger partial charge in [0.25, 0.3) is 5.69 Å². The van der Waals surface area contributed by atoms with Crippen molar-refractivity contribution < 1.29 is 23.9 Å². The van der Waals surface area contributed by atoms with Crippen LogP contribution in [0.1, 0.15) is 35.6 Å². The van der Waals surface area contributed by atoms with Crippen LogP contribution < -0.4 is 9.47 Å². The number of carbonyl (C=O) groups is 1. The fourth-order valence-electron chi connectivity index (χ4n) is 3.92. The molecular weight excluding hydrogens is 388 g/mol. The van der Waals surface area contributed by atoms with E-state index >= 15 is 0 Å². The van der Waals surface area contributed by atoms with E-state index < -0.39 is 4.92 Å². The van der Waals surface area contributed by atoms with Gasteiger partial charge in [-0.1, -0.05) is 12.1 Å². The molecule has 156 valence electrons. The van der Waals surface area contributed by atoms with Gasteiger partial charge in [0, 0.05) is 35.9 Å². The van der Waals surface area contributed by atoms with E-state index in [4.69, 9.17) is 14.2 Å². The second-order valence-corrected chi connectivity index (χ2v) is 7.19. The van der Waals surface area contributed by atoms with Crippen LogP contribution in [0.2, 0.25) is 0 Å². The minimum atomic E-state index is -0.464. The second-order valence-electron chi connectivity index (χ2n) is 7.19. The van der Waals surface area contributed by atoms with Crippen LogP contribution >= 0.6 is 0 Å². The van der Waals surface area contributed by atoms with E-state index in [9.17, 15) is 14.9 Å². The Labute approximate surface area is 173 Å². The van der Waals surface area contributed by atoms with Crippen LogP contribution in [0, 0.1) is 10.1 Å². The van der Waals surface area contributed by atoms with Crippen LogP contribution in [0.15, 0.2) is 42.5 Å². The zero-order valence-corrected chi connectivity index (χ0v) is 16.6. The molecule has 0 bridgehead atoms. The molecule has 0 aromatic heterocycles. The molecule has 1 amide bonds. The first-order chi connectivity index (χ1) is 14.6. The summed E-state index contributed by atoms with van der Waals surface area (Å²) in [5, 5.41) is 11.2. The summed E-state index contributed by atoms with van der Waals surface area (Å²) in [5.74, 6) is 1.15. The highest BCUT2D eigenvalue weighted by atomic mass is 16.7. The van der Waals surface area contributed by atoms with Crippen LogP contribution in [-0.4, -0.2) is 36.2 Å². The molecule has 2 aromatic carbocycles. The minimum absolute atomic E-state index is 0.00303. The molecule has 0 saturated carbocycles. The highest BCUT2D eigenvalue weighted by molar-refractivity contribution is 5.93. The van der Waals surface area contributed by atoms with Crippen molar-refractivity contribution >= 4 is 17.7 Å². The Morgan fingerprint density at radius 3 is 2.83 bits per heavy atom. The molecule has 1 atom stereocenters. The van der Waals surface area contributed by atoms with Gasteiger partial charge in [0.05, 0.1) is 24.7 Å². The number of carbonyl (C=O) groups excluding carboxylic acids is 1. The van der Waals surface area contributed by atoms with Crippen molar-refractivity contribution in [3.05, 3.63) is 69.3 Å². The van der Waals surface area contributed by atoms with Gasteiger partial charge in [-0.3, -0.25) is 14.9 Å². The predicted molar refractivity (Wildman–Crippen MR) is 109 cm³/mol. The molecular formula is C22H22N2O6. The molecule has 8 heteroatoms. The number of likely N-dealkylation sites (tertiary alicyclic amines) is 1. The summed E-state index contributed by atoms with van der Waals surface area (Å²) >= 11 is 0. The molecule has 2 aromatic rings. The average Bonchev–Trinajstić information content (AvgIpc) is 3.27. The number of rotatable bonds is 5. The summed E-state index contributed by atoms with van der Waals surface area (Å²) in [6, 6.07) is 10.6. The second kappa shape index (κ2) is 8.54. The third-order valence-corrected chi connectivity index (χ3v) is 5.38. The van der Waals surface area contributed by atoms with Crippen LogP contribution in [-0.2, 0) is 16.1 Å². The van der Waals surface area contributed by atoms with Crippen LogP contribution in [0.5, 0.6) is 11.5 Å². The van der Waals surface area contributed by atoms with Crippen molar-refractivity contribution in [1.29, 1.82) is 0 Å². The molecule has 0 radical (unpaired) electrons. The Hall–Kier alpha value is -3.39. The number of fused-ring (bicyclic) bond motifs is 1. The highest BCUT2D eigenvalue weighted by Crippen LogP contribution is 2.35. The van der Waals surface area contributed by atoms with Crippen molar-refractivity contribution in [3.63, 3.8) is 0 Å². The number of methoxy groups -OCH3 is 1. The number of amides is 1. The maximum atomic E-state index is 12.9. The van der Waals surface area contributed by atoms with Crippen LogP contribution in [0.3, 0.4) is 0 Å². The first kappa shape index (κ1) is 19.9. The van der Waals surface area contributed by atoms with Gasteiger partial charge in [0.15, 0.2) is 6.79 Å². The SMILES string of the molecule is COc1ccc([C@H]2CCCN2C(=O)/C=C/c2cc([N+](=O)[O-])cc3c2OCOC3)cc1. The van der Waals surface area contributed by atoms with Gasteiger partial charge in [-0.2, -0.15) is 0 Å². The van der Waals surface area contributed by atoms with E-state index in [1.54, 1.807) is 13.2 Å². The normalized spacial score (nSPS) is 18.2. The van der Waals surface area contributed by atoms with E-state index in [1.165, 1.54) is 18.2 Å². The van der Waals surface area contributed by atoms with E-state index in [0.29, 0.717) is 23.4 Å². The van der Waals surface area contributed by atoms with E-state index in [2.05, 4.69) is 0 Å². The summed E-state index contributed by atoms with van der Waals surface area (Å²) < 4.78 is 16.0. The molecule has 0 N–H and O–H groups in total. The van der Waals surface area contributed by atoms with Crippen molar-refractivity contribution in [2.45, 2.75) is 25.5 Å². The number of hydrogen-bond acceptors (Lipinski definition) is 6. The largest absolute Gasteiger partial charge is 0.497 e. The lowest BCUT2D eigenvalue weighted by atomic mass is 10.0. The molecule has 4 rings (SSSR count). The quantitative estimate of drug-likeness (QED) is 0.422. The first-order valence-electron chi connectivity index (χ1n) is 9.71. The van der Waals surface area contributed by atoms with Gasteiger partial charge in [-0.05, 0) is 36.6 Å². The Kier molecular flexibility index (Phi) is 5.67. The van der Waals surface area contributed by atoms with E-state index in [0.717, 1.165) is 24.2 Å². The fourth-order valence-corrected chi connectivity index (χ4v) is 3.92. The van der Waals surface area contributed by atoms with Gasteiger partial charge in [-0.15, -0.1) is 0 Å². The lowest BCUT2D eigenvalue weighted by Gasteiger charge is -2.24. The topological polar surface area (TPSA) is 91.1 Å². The third-order valence-electron chi connectivity index (χ3n) is 5.38.